The number of nitrogens with one attached hydrogen (secondary N) is 1. The molecule has 2 atom stereocenters. The number of aryl methyl sites for hydroxylation is 1. The Balaban J connectivity index is 2.07. The van der Waals surface area contributed by atoms with Crippen LogP contribution in [0.1, 0.15) is 45.1 Å². The first-order valence-corrected chi connectivity index (χ1v) is 6.65. The molecule has 0 aromatic heterocycles. The van der Waals surface area contributed by atoms with E-state index in [1.807, 2.05) is 0 Å². The van der Waals surface area contributed by atoms with Gasteiger partial charge in [0.1, 0.15) is 0 Å². The summed E-state index contributed by atoms with van der Waals surface area (Å²) >= 11 is 0. The molecule has 0 heterocycles. The molecular weight excluding hydrogens is 194 g/mol. The predicted molar refractivity (Wildman–Crippen MR) is 70.9 cm³/mol. The van der Waals surface area contributed by atoms with Crippen molar-refractivity contribution in [3.05, 3.63) is 29.8 Å². The fourth-order valence-corrected chi connectivity index (χ4v) is 2.70. The van der Waals surface area contributed by atoms with Crippen LogP contribution in [0.5, 0.6) is 0 Å². The van der Waals surface area contributed by atoms with Crippen LogP contribution in [0.25, 0.3) is 0 Å². The van der Waals surface area contributed by atoms with E-state index in [4.69, 9.17) is 0 Å². The Hall–Kier alpha value is -0.980. The summed E-state index contributed by atoms with van der Waals surface area (Å²) in [6, 6.07) is 9.40. The summed E-state index contributed by atoms with van der Waals surface area (Å²) in [4.78, 5) is 0. The summed E-state index contributed by atoms with van der Waals surface area (Å²) in [5.74, 6) is 0.818. The maximum Gasteiger partial charge on any atom is 0.0374 e. The van der Waals surface area contributed by atoms with Crippen molar-refractivity contribution in [2.24, 2.45) is 5.92 Å². The second-order valence-electron chi connectivity index (χ2n) is 5.02. The molecule has 0 radical (unpaired) electrons. The summed E-state index contributed by atoms with van der Waals surface area (Å²) in [5, 5.41) is 3.75. The standard InChI is InChI=1S/C15H23N/c1-3-13-9-5-7-11-15(13)16-14-10-6-4-8-12(14)2/h5,7,9,11-12,14,16H,3-4,6,8,10H2,1-2H3. The maximum atomic E-state index is 3.75. The highest BCUT2D eigenvalue weighted by molar-refractivity contribution is 5.51. The molecule has 2 unspecified atom stereocenters. The summed E-state index contributed by atoms with van der Waals surface area (Å²) in [5.41, 5.74) is 2.80. The molecule has 0 amide bonds. The topological polar surface area (TPSA) is 12.0 Å². The minimum atomic E-state index is 0.682. The molecule has 1 aromatic rings. The molecule has 2 rings (SSSR count). The van der Waals surface area contributed by atoms with Gasteiger partial charge in [0.2, 0.25) is 0 Å². The van der Waals surface area contributed by atoms with Gasteiger partial charge in [-0.05, 0) is 36.8 Å². The van der Waals surface area contributed by atoms with Crippen LogP contribution in [-0.2, 0) is 6.42 Å². The summed E-state index contributed by atoms with van der Waals surface area (Å²) in [6.45, 7) is 4.61. The van der Waals surface area contributed by atoms with E-state index in [1.165, 1.54) is 36.9 Å². The van der Waals surface area contributed by atoms with Gasteiger partial charge in [-0.2, -0.15) is 0 Å². The van der Waals surface area contributed by atoms with Crippen LogP contribution in [0.15, 0.2) is 24.3 Å². The zero-order chi connectivity index (χ0) is 11.4. The fourth-order valence-electron chi connectivity index (χ4n) is 2.70. The zero-order valence-corrected chi connectivity index (χ0v) is 10.5. The van der Waals surface area contributed by atoms with Crippen LogP contribution in [-0.4, -0.2) is 6.04 Å². The Morgan fingerprint density at radius 2 is 1.94 bits per heavy atom. The molecule has 1 saturated carbocycles. The second-order valence-corrected chi connectivity index (χ2v) is 5.02. The molecule has 0 bridgehead atoms. The second kappa shape index (κ2) is 5.38. The van der Waals surface area contributed by atoms with E-state index < -0.39 is 0 Å². The molecule has 16 heavy (non-hydrogen) atoms. The highest BCUT2D eigenvalue weighted by Gasteiger charge is 2.21. The quantitative estimate of drug-likeness (QED) is 0.798. The van der Waals surface area contributed by atoms with E-state index in [2.05, 4.69) is 43.4 Å². The van der Waals surface area contributed by atoms with E-state index in [-0.39, 0.29) is 0 Å². The minimum Gasteiger partial charge on any atom is -0.382 e. The number of benzene rings is 1. The van der Waals surface area contributed by atoms with Crippen molar-refractivity contribution in [3.8, 4) is 0 Å². The van der Waals surface area contributed by atoms with Gasteiger partial charge in [-0.3, -0.25) is 0 Å². The van der Waals surface area contributed by atoms with E-state index in [0.29, 0.717) is 6.04 Å². The normalized spacial score (nSPS) is 25.4. The maximum absolute atomic E-state index is 3.75. The van der Waals surface area contributed by atoms with E-state index in [1.54, 1.807) is 0 Å². The third kappa shape index (κ3) is 2.58. The lowest BCUT2D eigenvalue weighted by atomic mass is 9.85. The lowest BCUT2D eigenvalue weighted by Crippen LogP contribution is -2.30. The average Bonchev–Trinajstić information content (AvgIpc) is 2.33. The fraction of sp³-hybridized carbons (Fsp3) is 0.600. The van der Waals surface area contributed by atoms with Gasteiger partial charge in [-0.25, -0.2) is 0 Å². The van der Waals surface area contributed by atoms with Crippen molar-refractivity contribution in [3.63, 3.8) is 0 Å². The van der Waals surface area contributed by atoms with Gasteiger partial charge in [0.05, 0.1) is 0 Å². The summed E-state index contributed by atoms with van der Waals surface area (Å²) < 4.78 is 0. The Morgan fingerprint density at radius 3 is 2.69 bits per heavy atom. The van der Waals surface area contributed by atoms with Gasteiger partial charge in [0.25, 0.3) is 0 Å². The van der Waals surface area contributed by atoms with Crippen LogP contribution >= 0.6 is 0 Å². The molecule has 1 aliphatic carbocycles. The summed E-state index contributed by atoms with van der Waals surface area (Å²) in [7, 11) is 0. The first kappa shape index (κ1) is 11.5. The van der Waals surface area contributed by atoms with Gasteiger partial charge in [0.15, 0.2) is 0 Å². The van der Waals surface area contributed by atoms with Crippen molar-refractivity contribution < 1.29 is 0 Å². The zero-order valence-electron chi connectivity index (χ0n) is 10.5. The molecule has 0 aliphatic heterocycles. The van der Waals surface area contributed by atoms with Gasteiger partial charge < -0.3 is 5.32 Å². The number of para-hydroxylation sites is 1. The van der Waals surface area contributed by atoms with Gasteiger partial charge >= 0.3 is 0 Å². The van der Waals surface area contributed by atoms with Crippen LogP contribution < -0.4 is 5.32 Å². The highest BCUT2D eigenvalue weighted by Crippen LogP contribution is 2.28. The molecule has 88 valence electrons. The number of anilines is 1. The molecule has 0 spiro atoms. The molecule has 1 aromatic carbocycles. The van der Waals surface area contributed by atoms with Crippen LogP contribution in [0.3, 0.4) is 0 Å². The minimum absolute atomic E-state index is 0.682. The molecule has 1 heteroatoms. The predicted octanol–water partition coefficient (Wildman–Crippen LogP) is 4.24. The van der Waals surface area contributed by atoms with Crippen LogP contribution in [0.4, 0.5) is 5.69 Å². The SMILES string of the molecule is CCc1ccccc1NC1CCCCC1C. The molecule has 1 N–H and O–H groups in total. The average molecular weight is 217 g/mol. The molecule has 0 saturated heterocycles. The van der Waals surface area contributed by atoms with Gasteiger partial charge in [-0.15, -0.1) is 0 Å². The van der Waals surface area contributed by atoms with Crippen molar-refractivity contribution in [1.82, 2.24) is 0 Å². The van der Waals surface area contributed by atoms with E-state index in [0.717, 1.165) is 12.3 Å². The Labute approximate surface area is 99.3 Å². The molecule has 1 fully saturated rings. The van der Waals surface area contributed by atoms with Crippen molar-refractivity contribution in [2.75, 3.05) is 5.32 Å². The van der Waals surface area contributed by atoms with Crippen LogP contribution in [0.2, 0.25) is 0 Å². The monoisotopic (exact) mass is 217 g/mol. The summed E-state index contributed by atoms with van der Waals surface area (Å²) in [6.07, 6.45) is 6.63. The smallest absolute Gasteiger partial charge is 0.0374 e. The Morgan fingerprint density at radius 1 is 1.19 bits per heavy atom. The third-order valence-corrected chi connectivity index (χ3v) is 3.85. The van der Waals surface area contributed by atoms with E-state index >= 15 is 0 Å². The molecule has 1 nitrogen and oxygen atoms in total. The van der Waals surface area contributed by atoms with Crippen molar-refractivity contribution in [1.29, 1.82) is 0 Å². The first-order valence-electron chi connectivity index (χ1n) is 6.65. The Bertz CT molecular complexity index is 332. The number of hydrogen-bond donors (Lipinski definition) is 1. The lowest BCUT2D eigenvalue weighted by molar-refractivity contribution is 0.349. The lowest BCUT2D eigenvalue weighted by Gasteiger charge is -2.31. The van der Waals surface area contributed by atoms with Crippen molar-refractivity contribution in [2.45, 2.75) is 52.0 Å². The van der Waals surface area contributed by atoms with E-state index in [9.17, 15) is 0 Å². The first-order chi connectivity index (χ1) is 7.81. The Kier molecular flexibility index (Phi) is 3.87. The van der Waals surface area contributed by atoms with Gasteiger partial charge in [0, 0.05) is 11.7 Å². The van der Waals surface area contributed by atoms with Gasteiger partial charge in [-0.1, -0.05) is 44.9 Å². The number of rotatable bonds is 3. The molecule has 1 aliphatic rings. The largest absolute Gasteiger partial charge is 0.382 e. The highest BCUT2D eigenvalue weighted by atomic mass is 14.9. The third-order valence-electron chi connectivity index (χ3n) is 3.85. The number of hydrogen-bond acceptors (Lipinski definition) is 1. The molecular formula is C15H23N. The van der Waals surface area contributed by atoms with Crippen molar-refractivity contribution >= 4 is 5.69 Å². The van der Waals surface area contributed by atoms with Crippen LogP contribution in [0, 0.1) is 5.92 Å².